The largest absolute Gasteiger partial charge is 0.294 e. The highest BCUT2D eigenvalue weighted by atomic mass is 32.1. The van der Waals surface area contributed by atoms with Crippen LogP contribution >= 0.6 is 11.3 Å². The van der Waals surface area contributed by atoms with Crippen LogP contribution in [0.5, 0.6) is 0 Å². The topological polar surface area (TPSA) is 17.1 Å². The standard InChI is InChI=1S/C13H11FOS/c1-8-3-4-10(7-11(8)14)13-6-5-12(16-13)9(2)15/h3-7H,1-2H3. The molecule has 0 spiro atoms. The lowest BCUT2D eigenvalue weighted by Gasteiger charge is -2.00. The minimum absolute atomic E-state index is 0.0452. The van der Waals surface area contributed by atoms with Crippen LogP contribution in [-0.4, -0.2) is 5.78 Å². The summed E-state index contributed by atoms with van der Waals surface area (Å²) < 4.78 is 13.4. The molecule has 82 valence electrons. The van der Waals surface area contributed by atoms with E-state index in [2.05, 4.69) is 0 Å². The van der Waals surface area contributed by atoms with E-state index in [0.29, 0.717) is 10.4 Å². The second kappa shape index (κ2) is 4.18. The summed E-state index contributed by atoms with van der Waals surface area (Å²) in [5.74, 6) is -0.167. The summed E-state index contributed by atoms with van der Waals surface area (Å²) in [6, 6.07) is 8.75. The Labute approximate surface area is 97.6 Å². The number of halogens is 1. The Morgan fingerprint density at radius 2 is 2.00 bits per heavy atom. The highest BCUT2D eigenvalue weighted by Crippen LogP contribution is 2.29. The number of hydrogen-bond acceptors (Lipinski definition) is 2. The zero-order chi connectivity index (χ0) is 11.7. The molecule has 0 atom stereocenters. The monoisotopic (exact) mass is 234 g/mol. The van der Waals surface area contributed by atoms with Crippen LogP contribution in [0.25, 0.3) is 10.4 Å². The summed E-state index contributed by atoms with van der Waals surface area (Å²) in [7, 11) is 0. The van der Waals surface area contributed by atoms with E-state index in [1.54, 1.807) is 19.1 Å². The average Bonchev–Trinajstić information content (AvgIpc) is 2.71. The number of aryl methyl sites for hydroxylation is 1. The van der Waals surface area contributed by atoms with Crippen LogP contribution < -0.4 is 0 Å². The number of Topliss-reactive ketones (excluding diaryl/α,β-unsaturated/α-hetero) is 1. The van der Waals surface area contributed by atoms with Gasteiger partial charge in [-0.2, -0.15) is 0 Å². The first-order chi connectivity index (χ1) is 7.58. The predicted octanol–water partition coefficient (Wildman–Crippen LogP) is 4.07. The zero-order valence-corrected chi connectivity index (χ0v) is 9.90. The maximum atomic E-state index is 13.4. The average molecular weight is 234 g/mol. The Balaban J connectivity index is 2.42. The quantitative estimate of drug-likeness (QED) is 0.716. The molecule has 3 heteroatoms. The van der Waals surface area contributed by atoms with Crippen molar-refractivity contribution in [3.8, 4) is 10.4 Å². The van der Waals surface area contributed by atoms with Crippen molar-refractivity contribution >= 4 is 17.1 Å². The van der Waals surface area contributed by atoms with Crippen molar-refractivity contribution in [1.29, 1.82) is 0 Å². The second-order valence-corrected chi connectivity index (χ2v) is 4.77. The highest BCUT2D eigenvalue weighted by molar-refractivity contribution is 7.17. The molecule has 1 heterocycles. The van der Waals surface area contributed by atoms with Gasteiger partial charge in [0.1, 0.15) is 5.82 Å². The number of benzene rings is 1. The lowest BCUT2D eigenvalue weighted by atomic mass is 10.1. The fourth-order valence-corrected chi connectivity index (χ4v) is 2.33. The van der Waals surface area contributed by atoms with Crippen LogP contribution in [0.15, 0.2) is 30.3 Å². The molecule has 0 aliphatic carbocycles. The van der Waals surface area contributed by atoms with Crippen LogP contribution in [0.2, 0.25) is 0 Å². The molecular weight excluding hydrogens is 223 g/mol. The van der Waals surface area contributed by atoms with Crippen LogP contribution in [0.1, 0.15) is 22.2 Å². The SMILES string of the molecule is CC(=O)c1ccc(-c2ccc(C)c(F)c2)s1. The number of rotatable bonds is 2. The smallest absolute Gasteiger partial charge is 0.169 e. The van der Waals surface area contributed by atoms with Gasteiger partial charge in [-0.3, -0.25) is 4.79 Å². The number of ketones is 1. The molecule has 0 bridgehead atoms. The van der Waals surface area contributed by atoms with Gasteiger partial charge in [-0.15, -0.1) is 11.3 Å². The maximum absolute atomic E-state index is 13.4. The molecule has 0 aliphatic rings. The van der Waals surface area contributed by atoms with Crippen molar-refractivity contribution in [1.82, 2.24) is 0 Å². The molecule has 16 heavy (non-hydrogen) atoms. The Kier molecular flexibility index (Phi) is 2.88. The van der Waals surface area contributed by atoms with E-state index in [1.807, 2.05) is 12.1 Å². The highest BCUT2D eigenvalue weighted by Gasteiger charge is 2.07. The molecule has 0 unspecified atom stereocenters. The fourth-order valence-electron chi connectivity index (χ4n) is 1.43. The second-order valence-electron chi connectivity index (χ2n) is 3.68. The molecule has 0 aliphatic heterocycles. The first kappa shape index (κ1) is 11.0. The van der Waals surface area contributed by atoms with Crippen molar-refractivity contribution < 1.29 is 9.18 Å². The van der Waals surface area contributed by atoms with Gasteiger partial charge in [-0.1, -0.05) is 12.1 Å². The Hall–Kier alpha value is -1.48. The molecule has 0 amide bonds. The summed E-state index contributed by atoms with van der Waals surface area (Å²) in [5.41, 5.74) is 1.45. The Morgan fingerprint density at radius 1 is 1.25 bits per heavy atom. The number of carbonyl (C=O) groups excluding carboxylic acids is 1. The van der Waals surface area contributed by atoms with E-state index < -0.39 is 0 Å². The number of thiophene rings is 1. The lowest BCUT2D eigenvalue weighted by Crippen LogP contribution is -1.84. The minimum atomic E-state index is -0.213. The van der Waals surface area contributed by atoms with E-state index in [-0.39, 0.29) is 11.6 Å². The molecule has 0 saturated heterocycles. The van der Waals surface area contributed by atoms with Gasteiger partial charge in [-0.05, 0) is 43.2 Å². The van der Waals surface area contributed by atoms with E-state index in [4.69, 9.17) is 0 Å². The van der Waals surface area contributed by atoms with Crippen molar-refractivity contribution in [2.45, 2.75) is 13.8 Å². The Bertz CT molecular complexity index is 543. The first-order valence-corrected chi connectivity index (χ1v) is 5.77. The molecule has 2 rings (SSSR count). The fraction of sp³-hybridized carbons (Fsp3) is 0.154. The summed E-state index contributed by atoms with van der Waals surface area (Å²) in [5, 5.41) is 0. The Morgan fingerprint density at radius 3 is 2.56 bits per heavy atom. The molecular formula is C13H11FOS. The van der Waals surface area contributed by atoms with Gasteiger partial charge < -0.3 is 0 Å². The number of carbonyl (C=O) groups is 1. The van der Waals surface area contributed by atoms with E-state index in [1.165, 1.54) is 24.3 Å². The van der Waals surface area contributed by atoms with Crippen molar-refractivity contribution in [2.75, 3.05) is 0 Å². The van der Waals surface area contributed by atoms with Crippen molar-refractivity contribution in [2.24, 2.45) is 0 Å². The van der Waals surface area contributed by atoms with Crippen LogP contribution in [0.4, 0.5) is 4.39 Å². The van der Waals surface area contributed by atoms with Gasteiger partial charge >= 0.3 is 0 Å². The number of hydrogen-bond donors (Lipinski definition) is 0. The summed E-state index contributed by atoms with van der Waals surface area (Å²) >= 11 is 1.39. The minimum Gasteiger partial charge on any atom is -0.294 e. The van der Waals surface area contributed by atoms with Gasteiger partial charge in [-0.25, -0.2) is 4.39 Å². The third-order valence-corrected chi connectivity index (χ3v) is 3.64. The molecule has 1 aromatic carbocycles. The molecule has 1 aromatic heterocycles. The molecule has 1 nitrogen and oxygen atoms in total. The van der Waals surface area contributed by atoms with Crippen LogP contribution in [0.3, 0.4) is 0 Å². The molecule has 2 aromatic rings. The maximum Gasteiger partial charge on any atom is 0.169 e. The summed E-state index contributed by atoms with van der Waals surface area (Å²) in [4.78, 5) is 12.8. The predicted molar refractivity (Wildman–Crippen MR) is 64.5 cm³/mol. The van der Waals surface area contributed by atoms with E-state index in [0.717, 1.165) is 10.4 Å². The van der Waals surface area contributed by atoms with Crippen molar-refractivity contribution in [3.05, 3.63) is 46.6 Å². The van der Waals surface area contributed by atoms with Gasteiger partial charge in [0.2, 0.25) is 0 Å². The van der Waals surface area contributed by atoms with Crippen LogP contribution in [-0.2, 0) is 0 Å². The van der Waals surface area contributed by atoms with Gasteiger partial charge in [0.05, 0.1) is 4.88 Å². The van der Waals surface area contributed by atoms with Gasteiger partial charge in [0, 0.05) is 4.88 Å². The molecule has 0 saturated carbocycles. The van der Waals surface area contributed by atoms with Gasteiger partial charge in [0.25, 0.3) is 0 Å². The third kappa shape index (κ3) is 2.04. The lowest BCUT2D eigenvalue weighted by molar-refractivity contribution is 0.102. The van der Waals surface area contributed by atoms with Crippen LogP contribution in [0, 0.1) is 12.7 Å². The zero-order valence-electron chi connectivity index (χ0n) is 9.08. The van der Waals surface area contributed by atoms with Crippen molar-refractivity contribution in [3.63, 3.8) is 0 Å². The molecule has 0 fully saturated rings. The summed E-state index contributed by atoms with van der Waals surface area (Å²) in [6.45, 7) is 3.26. The summed E-state index contributed by atoms with van der Waals surface area (Å²) in [6.07, 6.45) is 0. The van der Waals surface area contributed by atoms with E-state index >= 15 is 0 Å². The molecule has 0 N–H and O–H groups in total. The third-order valence-electron chi connectivity index (χ3n) is 2.41. The normalized spacial score (nSPS) is 10.4. The molecule has 0 radical (unpaired) electrons. The first-order valence-electron chi connectivity index (χ1n) is 4.95. The van der Waals surface area contributed by atoms with Gasteiger partial charge in [0.15, 0.2) is 5.78 Å². The van der Waals surface area contributed by atoms with E-state index in [9.17, 15) is 9.18 Å².